The molecule has 19 heteroatoms. The Morgan fingerprint density at radius 3 is 1.77 bits per heavy atom. The third-order valence-electron chi connectivity index (χ3n) is 8.61. The summed E-state index contributed by atoms with van der Waals surface area (Å²) in [5.41, 5.74) is 11.4. The average molecular weight is 1060 g/mol. The van der Waals surface area contributed by atoms with Gasteiger partial charge in [0.25, 0.3) is 19.4 Å². The number of halogens is 3. The molecule has 356 valence electrons. The second kappa shape index (κ2) is 33.1. The van der Waals surface area contributed by atoms with E-state index in [1.807, 2.05) is 60.7 Å². The molecule has 13 nitrogen and oxygen atoms in total. The zero-order valence-electron chi connectivity index (χ0n) is 36.8. The van der Waals surface area contributed by atoms with E-state index < -0.39 is 17.6 Å². The van der Waals surface area contributed by atoms with Crippen LogP contribution in [0.4, 0.5) is 13.2 Å². The number of isothiocyanates is 1. The summed E-state index contributed by atoms with van der Waals surface area (Å²) in [5, 5.41) is 15.4. The molecule has 0 radical (unpaired) electrons. The molecule has 0 unspecified atom stereocenters. The fourth-order valence-corrected chi connectivity index (χ4v) is 6.50. The first-order valence-corrected chi connectivity index (χ1v) is 21.6. The van der Waals surface area contributed by atoms with Crippen LogP contribution in [-0.2, 0) is 54.5 Å². The van der Waals surface area contributed by atoms with Gasteiger partial charge in [-0.05, 0) is 126 Å². The molecule has 69 heavy (non-hydrogen) atoms. The first-order valence-electron chi connectivity index (χ1n) is 20.3. The topological polar surface area (TPSA) is 200 Å². The number of hydrogen-bond donors (Lipinski definition) is 1. The van der Waals surface area contributed by atoms with Gasteiger partial charge in [0.2, 0.25) is 0 Å². The molecular weight excluding hydrogens is 1020 g/mol. The van der Waals surface area contributed by atoms with Gasteiger partial charge in [-0.1, -0.05) is 68.8 Å². The van der Waals surface area contributed by atoms with Crippen LogP contribution in [0.5, 0.6) is 0 Å². The maximum atomic E-state index is 12.4. The van der Waals surface area contributed by atoms with Gasteiger partial charge in [-0.25, -0.2) is 4.98 Å². The van der Waals surface area contributed by atoms with E-state index >= 15 is 0 Å². The van der Waals surface area contributed by atoms with Crippen molar-refractivity contribution in [1.82, 2.24) is 19.9 Å². The molecule has 0 fully saturated rings. The SMILES string of the molecule is CCCCCCc1ccc(/C=C/c2ccnc(/C([NH-])=C/C(=N)C(F)(F)F)c2)s1.O=CO/C=C/C=C/c1ccnc(-c2cc(/C=C/OC=O)cc(-c3cc(/C=C/C=C/OC=O)ccn3)n2)c1.[N-]=C=S.[Ru+2]. The molecule has 0 saturated heterocycles. The molecule has 5 aromatic heterocycles. The number of hydrogen-bond acceptors (Lipinski definition) is 13. The average Bonchev–Trinajstić information content (AvgIpc) is 3.80. The van der Waals surface area contributed by atoms with Crippen LogP contribution >= 0.6 is 23.6 Å². The van der Waals surface area contributed by atoms with Crippen LogP contribution in [0.2, 0.25) is 0 Å². The van der Waals surface area contributed by atoms with Crippen molar-refractivity contribution < 1.29 is 61.2 Å². The summed E-state index contributed by atoms with van der Waals surface area (Å²) in [5.74, 6) is 0. The molecule has 0 saturated carbocycles. The number of nitrogens with zero attached hydrogens (tertiary/aromatic N) is 5. The fraction of sp³-hybridized carbons (Fsp3) is 0.140. The molecule has 0 atom stereocenters. The summed E-state index contributed by atoms with van der Waals surface area (Å²) in [6.07, 6.45) is 26.0. The number of unbranched alkanes of at least 4 members (excludes halogenated alkanes) is 3. The standard InChI is InChI=1S/C28H21N3O6.C21H23F3N3S.CNS.Ru/c32-19-35-12-3-1-5-22-7-10-29-25(15-22)27-17-24(9-14-37-21-34)18-28(31-27)26-16-23(8-11-30-26)6-2-4-13-36-20-33;1-2-3-4-5-6-16-9-10-17(28-16)8-7-15-11-12-27-19(13-15)18(25)14-20(26)21(22,23)24;2-1-3;/h1-21H;7-14,25-26H,2-6H2,1H3;;/q;2*-1;+2/b5-1+,6-2+,12-3+,13-4+,14-9+;8-7+,18-14-,26-20?;;. The van der Waals surface area contributed by atoms with Gasteiger partial charge < -0.3 is 25.4 Å². The van der Waals surface area contributed by atoms with Crippen LogP contribution in [0.1, 0.15) is 70.3 Å². The third kappa shape index (κ3) is 22.8. The molecule has 5 heterocycles. The van der Waals surface area contributed by atoms with E-state index in [0.717, 1.165) is 33.6 Å². The maximum absolute atomic E-state index is 12.4. The zero-order chi connectivity index (χ0) is 49.4. The summed E-state index contributed by atoms with van der Waals surface area (Å²) in [6.45, 7) is 3.20. The van der Waals surface area contributed by atoms with E-state index in [9.17, 15) is 27.6 Å². The minimum absolute atomic E-state index is 0. The predicted molar refractivity (Wildman–Crippen MR) is 265 cm³/mol. The van der Waals surface area contributed by atoms with Crippen molar-refractivity contribution in [3.05, 3.63) is 177 Å². The van der Waals surface area contributed by atoms with Crippen molar-refractivity contribution in [2.75, 3.05) is 0 Å². The summed E-state index contributed by atoms with van der Waals surface area (Å²) in [4.78, 5) is 51.0. The molecule has 0 bridgehead atoms. The number of nitrogens with one attached hydrogen (secondary N) is 2. The van der Waals surface area contributed by atoms with Gasteiger partial charge in [-0.3, -0.25) is 34.7 Å². The summed E-state index contributed by atoms with van der Waals surface area (Å²) in [6, 6.07) is 18.4. The van der Waals surface area contributed by atoms with E-state index in [4.69, 9.17) is 26.3 Å². The number of thiophene rings is 1. The van der Waals surface area contributed by atoms with E-state index in [1.54, 1.807) is 60.2 Å². The van der Waals surface area contributed by atoms with Crippen LogP contribution in [0.3, 0.4) is 0 Å². The summed E-state index contributed by atoms with van der Waals surface area (Å²) < 4.78 is 51.1. The van der Waals surface area contributed by atoms with Crippen LogP contribution in [0.15, 0.2) is 128 Å². The summed E-state index contributed by atoms with van der Waals surface area (Å²) in [7, 11) is 0. The van der Waals surface area contributed by atoms with Gasteiger partial charge in [0, 0.05) is 34.0 Å². The van der Waals surface area contributed by atoms with Crippen LogP contribution in [0, 0.1) is 5.41 Å². The normalized spacial score (nSPS) is 11.4. The molecule has 0 spiro atoms. The predicted octanol–water partition coefficient (Wildman–Crippen LogP) is 12.8. The number of aromatic nitrogens is 4. The van der Waals surface area contributed by atoms with E-state index in [-0.39, 0.29) is 25.2 Å². The molecular formula is C50H44F3N7O6RuS2. The monoisotopic (exact) mass is 1060 g/mol. The molecule has 0 aliphatic rings. The molecule has 0 aliphatic heterocycles. The van der Waals surface area contributed by atoms with Gasteiger partial charge in [-0.15, -0.1) is 17.0 Å². The Hall–Kier alpha value is -7.43. The van der Waals surface area contributed by atoms with Crippen LogP contribution in [-0.4, -0.2) is 56.4 Å². The molecule has 0 aliphatic carbocycles. The second-order valence-electron chi connectivity index (χ2n) is 13.5. The van der Waals surface area contributed by atoms with Crippen molar-refractivity contribution in [3.63, 3.8) is 0 Å². The van der Waals surface area contributed by atoms with Crippen LogP contribution in [0.25, 0.3) is 70.0 Å². The van der Waals surface area contributed by atoms with Gasteiger partial charge >= 0.3 is 25.7 Å². The fourth-order valence-electron chi connectivity index (χ4n) is 5.54. The molecule has 0 amide bonds. The number of pyridine rings is 4. The Kier molecular flexibility index (Phi) is 27.7. The van der Waals surface area contributed by atoms with Crippen molar-refractivity contribution in [2.45, 2.75) is 45.2 Å². The zero-order valence-corrected chi connectivity index (χ0v) is 40.1. The number of carbonyl (C=O) groups is 3. The number of carbonyl (C=O) groups excluding carboxylic acids is 3. The van der Waals surface area contributed by atoms with Gasteiger partial charge in [0.15, 0.2) is 0 Å². The number of rotatable bonds is 22. The maximum Gasteiger partial charge on any atom is 2.00 e. The Labute approximate surface area is 419 Å². The third-order valence-corrected chi connectivity index (χ3v) is 9.72. The minimum Gasteiger partial charge on any atom is -0.753 e. The van der Waals surface area contributed by atoms with Crippen molar-refractivity contribution in [3.8, 4) is 22.8 Å². The van der Waals surface area contributed by atoms with Gasteiger partial charge in [-0.2, -0.15) is 18.3 Å². The van der Waals surface area contributed by atoms with Crippen LogP contribution < -0.4 is 0 Å². The van der Waals surface area contributed by atoms with Crippen molar-refractivity contribution in [2.24, 2.45) is 0 Å². The number of ether oxygens (including phenoxy) is 3. The molecule has 2 N–H and O–H groups in total. The molecule has 5 rings (SSSR count). The Morgan fingerprint density at radius 1 is 0.710 bits per heavy atom. The largest absolute Gasteiger partial charge is 2.00 e. The second-order valence-corrected chi connectivity index (χ2v) is 14.9. The number of allylic oxidation sites excluding steroid dienone is 5. The van der Waals surface area contributed by atoms with E-state index in [1.165, 1.54) is 66.8 Å². The number of thiocarbonyl (C=S) groups is 1. The van der Waals surface area contributed by atoms with E-state index in [2.05, 4.69) is 55.7 Å². The van der Waals surface area contributed by atoms with E-state index in [0.29, 0.717) is 48.3 Å². The first-order chi connectivity index (χ1) is 32.9. The van der Waals surface area contributed by atoms with Gasteiger partial charge in [0.1, 0.15) is 5.71 Å². The Morgan fingerprint density at radius 2 is 1.23 bits per heavy atom. The smallest absolute Gasteiger partial charge is 0.753 e. The number of alkyl halides is 3. The quantitative estimate of drug-likeness (QED) is 0.0101. The van der Waals surface area contributed by atoms with Crippen molar-refractivity contribution >= 4 is 89.9 Å². The molecule has 5 aromatic rings. The first kappa shape index (κ1) is 57.7. The Bertz CT molecular complexity index is 2600. The minimum atomic E-state index is -4.77. The molecule has 0 aromatic carbocycles. The van der Waals surface area contributed by atoms with Crippen molar-refractivity contribution in [1.29, 1.82) is 5.41 Å². The van der Waals surface area contributed by atoms with Gasteiger partial charge in [0.05, 0.1) is 41.6 Å². The summed E-state index contributed by atoms with van der Waals surface area (Å²) >= 11 is 5.43. The Balaban J connectivity index is 0.000000456. The number of aryl methyl sites for hydroxylation is 1.